The van der Waals surface area contributed by atoms with Crippen LogP contribution in [0.2, 0.25) is 0 Å². The van der Waals surface area contributed by atoms with Crippen molar-refractivity contribution in [3.8, 4) is 5.88 Å². The molecule has 70 valence electrons. The van der Waals surface area contributed by atoms with Crippen LogP contribution in [0.5, 0.6) is 5.88 Å². The third-order valence-corrected chi connectivity index (χ3v) is 2.33. The molecule has 1 aromatic rings. The van der Waals surface area contributed by atoms with Crippen molar-refractivity contribution in [1.29, 1.82) is 0 Å². The summed E-state index contributed by atoms with van der Waals surface area (Å²) in [5, 5.41) is 3.28. The average molecular weight is 243 g/mol. The zero-order valence-electron chi connectivity index (χ0n) is 7.60. The highest BCUT2D eigenvalue weighted by atomic mass is 79.9. The molecule has 1 aliphatic rings. The number of halogens is 1. The molecule has 0 radical (unpaired) electrons. The van der Waals surface area contributed by atoms with Crippen molar-refractivity contribution in [2.75, 3.05) is 11.9 Å². The molecule has 0 aromatic carbocycles. The normalized spacial score (nSPS) is 18.4. The second-order valence-corrected chi connectivity index (χ2v) is 4.64. The van der Waals surface area contributed by atoms with Crippen LogP contribution in [-0.2, 0) is 0 Å². The highest BCUT2D eigenvalue weighted by Crippen LogP contribution is 2.32. The SMILES string of the molecule is CC1(C)CNc2cc(Br)cnc2O1. The van der Waals surface area contributed by atoms with E-state index < -0.39 is 0 Å². The summed E-state index contributed by atoms with van der Waals surface area (Å²) in [7, 11) is 0. The predicted molar refractivity (Wildman–Crippen MR) is 55.1 cm³/mol. The zero-order valence-corrected chi connectivity index (χ0v) is 9.18. The van der Waals surface area contributed by atoms with Crippen LogP contribution < -0.4 is 10.1 Å². The molecule has 1 aliphatic heterocycles. The molecule has 3 nitrogen and oxygen atoms in total. The second kappa shape index (κ2) is 2.87. The molecule has 0 spiro atoms. The maximum atomic E-state index is 5.68. The van der Waals surface area contributed by atoms with Gasteiger partial charge in [0, 0.05) is 10.7 Å². The van der Waals surface area contributed by atoms with Crippen molar-refractivity contribution in [1.82, 2.24) is 4.98 Å². The van der Waals surface area contributed by atoms with Gasteiger partial charge in [0.15, 0.2) is 0 Å². The number of hydrogen-bond acceptors (Lipinski definition) is 3. The van der Waals surface area contributed by atoms with Crippen LogP contribution in [0, 0.1) is 0 Å². The highest BCUT2D eigenvalue weighted by Gasteiger charge is 2.26. The van der Waals surface area contributed by atoms with E-state index in [2.05, 4.69) is 26.2 Å². The van der Waals surface area contributed by atoms with Gasteiger partial charge in [0.25, 0.3) is 0 Å². The molecule has 0 bridgehead atoms. The van der Waals surface area contributed by atoms with Gasteiger partial charge in [-0.3, -0.25) is 0 Å². The Labute approximate surface area is 85.6 Å². The Bertz CT molecular complexity index is 338. The van der Waals surface area contributed by atoms with Crippen LogP contribution in [0.1, 0.15) is 13.8 Å². The topological polar surface area (TPSA) is 34.2 Å². The molecular weight excluding hydrogens is 232 g/mol. The molecule has 0 atom stereocenters. The van der Waals surface area contributed by atoms with Crippen LogP contribution >= 0.6 is 15.9 Å². The maximum absolute atomic E-state index is 5.68. The van der Waals surface area contributed by atoms with Gasteiger partial charge in [0.2, 0.25) is 5.88 Å². The molecule has 0 amide bonds. The molecule has 0 fully saturated rings. The van der Waals surface area contributed by atoms with Gasteiger partial charge < -0.3 is 10.1 Å². The van der Waals surface area contributed by atoms with Crippen molar-refractivity contribution < 1.29 is 4.74 Å². The Hall–Kier alpha value is -0.770. The summed E-state index contributed by atoms with van der Waals surface area (Å²) < 4.78 is 6.64. The van der Waals surface area contributed by atoms with E-state index in [4.69, 9.17) is 4.74 Å². The van der Waals surface area contributed by atoms with Crippen LogP contribution in [0.4, 0.5) is 5.69 Å². The van der Waals surface area contributed by atoms with Crippen LogP contribution in [-0.4, -0.2) is 17.1 Å². The van der Waals surface area contributed by atoms with E-state index in [-0.39, 0.29) is 5.60 Å². The molecule has 1 aromatic heterocycles. The van der Waals surface area contributed by atoms with E-state index in [0.29, 0.717) is 5.88 Å². The van der Waals surface area contributed by atoms with Gasteiger partial charge in [0.05, 0.1) is 12.2 Å². The fraction of sp³-hybridized carbons (Fsp3) is 0.444. The van der Waals surface area contributed by atoms with Gasteiger partial charge in [0.1, 0.15) is 5.60 Å². The molecule has 2 rings (SSSR count). The summed E-state index contributed by atoms with van der Waals surface area (Å²) in [6.07, 6.45) is 1.74. The minimum Gasteiger partial charge on any atom is -0.468 e. The predicted octanol–water partition coefficient (Wildman–Crippen LogP) is 2.43. The number of hydrogen-bond donors (Lipinski definition) is 1. The van der Waals surface area contributed by atoms with E-state index in [0.717, 1.165) is 16.7 Å². The van der Waals surface area contributed by atoms with Gasteiger partial charge in [-0.2, -0.15) is 0 Å². The van der Waals surface area contributed by atoms with E-state index >= 15 is 0 Å². The van der Waals surface area contributed by atoms with Crippen LogP contribution in [0.25, 0.3) is 0 Å². The van der Waals surface area contributed by atoms with Crippen LogP contribution in [0.3, 0.4) is 0 Å². The maximum Gasteiger partial charge on any atom is 0.238 e. The van der Waals surface area contributed by atoms with Crippen LogP contribution in [0.15, 0.2) is 16.7 Å². The van der Waals surface area contributed by atoms with Gasteiger partial charge in [-0.1, -0.05) is 0 Å². The summed E-state index contributed by atoms with van der Waals surface area (Å²) in [5.74, 6) is 0.680. The van der Waals surface area contributed by atoms with Gasteiger partial charge in [-0.15, -0.1) is 0 Å². The second-order valence-electron chi connectivity index (χ2n) is 3.72. The molecule has 0 saturated carbocycles. The van der Waals surface area contributed by atoms with Crippen molar-refractivity contribution in [2.24, 2.45) is 0 Å². The Kier molecular flexibility index (Phi) is 1.95. The Balaban J connectivity index is 2.37. The molecule has 4 heteroatoms. The summed E-state index contributed by atoms with van der Waals surface area (Å²) in [6.45, 7) is 4.87. The third kappa shape index (κ3) is 1.77. The van der Waals surface area contributed by atoms with Gasteiger partial charge >= 0.3 is 0 Å². The molecule has 0 aliphatic carbocycles. The minimum atomic E-state index is -0.173. The number of fused-ring (bicyclic) bond motifs is 1. The number of aromatic nitrogens is 1. The first-order valence-corrected chi connectivity index (χ1v) is 4.95. The first kappa shape index (κ1) is 8.81. The lowest BCUT2D eigenvalue weighted by Crippen LogP contribution is -2.40. The smallest absolute Gasteiger partial charge is 0.238 e. The van der Waals surface area contributed by atoms with E-state index in [1.165, 1.54) is 0 Å². The summed E-state index contributed by atoms with van der Waals surface area (Å²) in [5.41, 5.74) is 0.780. The Morgan fingerprint density at radius 1 is 1.62 bits per heavy atom. The quantitative estimate of drug-likeness (QED) is 0.759. The molecule has 0 unspecified atom stereocenters. The largest absolute Gasteiger partial charge is 0.468 e. The van der Waals surface area contributed by atoms with Crippen molar-refractivity contribution in [2.45, 2.75) is 19.4 Å². The number of anilines is 1. The highest BCUT2D eigenvalue weighted by molar-refractivity contribution is 9.10. The van der Waals surface area contributed by atoms with Crippen molar-refractivity contribution in [3.63, 3.8) is 0 Å². The third-order valence-electron chi connectivity index (χ3n) is 1.90. The summed E-state index contributed by atoms with van der Waals surface area (Å²) >= 11 is 3.36. The Morgan fingerprint density at radius 2 is 2.38 bits per heavy atom. The lowest BCUT2D eigenvalue weighted by atomic mass is 10.1. The number of nitrogens with one attached hydrogen (secondary N) is 1. The van der Waals surface area contributed by atoms with E-state index in [1.807, 2.05) is 19.9 Å². The number of nitrogens with zero attached hydrogens (tertiary/aromatic N) is 1. The summed E-state index contributed by atoms with van der Waals surface area (Å²) in [6, 6.07) is 1.97. The van der Waals surface area contributed by atoms with Crippen molar-refractivity contribution in [3.05, 3.63) is 16.7 Å². The standard InChI is InChI=1S/C9H11BrN2O/c1-9(2)5-12-7-3-6(10)4-11-8(7)13-9/h3-4,12H,5H2,1-2H3. The lowest BCUT2D eigenvalue weighted by Gasteiger charge is -2.32. The molecule has 2 heterocycles. The Morgan fingerprint density at radius 3 is 3.15 bits per heavy atom. The first-order chi connectivity index (χ1) is 6.07. The number of ether oxygens (including phenoxy) is 1. The minimum absolute atomic E-state index is 0.173. The first-order valence-electron chi connectivity index (χ1n) is 4.15. The van der Waals surface area contributed by atoms with E-state index in [1.54, 1.807) is 6.20 Å². The zero-order chi connectivity index (χ0) is 9.47. The average Bonchev–Trinajstić information content (AvgIpc) is 2.05. The summed E-state index contributed by atoms with van der Waals surface area (Å²) in [4.78, 5) is 4.18. The molecular formula is C9H11BrN2O. The molecule has 1 N–H and O–H groups in total. The monoisotopic (exact) mass is 242 g/mol. The number of pyridine rings is 1. The fourth-order valence-electron chi connectivity index (χ4n) is 1.24. The number of rotatable bonds is 0. The van der Waals surface area contributed by atoms with Gasteiger partial charge in [-0.25, -0.2) is 4.98 Å². The lowest BCUT2D eigenvalue weighted by molar-refractivity contribution is 0.109. The fourth-order valence-corrected chi connectivity index (χ4v) is 1.57. The van der Waals surface area contributed by atoms with Gasteiger partial charge in [-0.05, 0) is 35.8 Å². The molecule has 0 saturated heterocycles. The van der Waals surface area contributed by atoms with E-state index in [9.17, 15) is 0 Å². The van der Waals surface area contributed by atoms with Crippen molar-refractivity contribution >= 4 is 21.6 Å². The molecule has 13 heavy (non-hydrogen) atoms.